The van der Waals surface area contributed by atoms with Crippen LogP contribution in [0.5, 0.6) is 0 Å². The van der Waals surface area contributed by atoms with E-state index in [0.717, 1.165) is 36.7 Å². The first-order valence-electron chi connectivity index (χ1n) is 9.42. The Bertz CT molecular complexity index is 841. The number of hydrogen-bond acceptors (Lipinski definition) is 3. The molecule has 3 unspecified atom stereocenters. The molecule has 1 aliphatic heterocycles. The van der Waals surface area contributed by atoms with Crippen LogP contribution in [0.1, 0.15) is 29.6 Å². The lowest BCUT2D eigenvalue weighted by molar-refractivity contribution is -0.130. The summed E-state index contributed by atoms with van der Waals surface area (Å²) in [4.78, 5) is 26.7. The van der Waals surface area contributed by atoms with Gasteiger partial charge in [-0.3, -0.25) is 9.59 Å². The second-order valence-electron chi connectivity index (χ2n) is 7.53. The quantitative estimate of drug-likeness (QED) is 0.846. The molecular weight excluding hydrogens is 362 g/mol. The SMILES string of the molecule is Cl.NC1CCC2CN(C(=O)CCNC(=O)c3ccc4ccccc4c3)CC12. The summed E-state index contributed by atoms with van der Waals surface area (Å²) in [5.41, 5.74) is 6.75. The summed E-state index contributed by atoms with van der Waals surface area (Å²) in [6, 6.07) is 13.8. The molecule has 27 heavy (non-hydrogen) atoms. The van der Waals surface area contributed by atoms with Gasteiger partial charge in [-0.25, -0.2) is 0 Å². The molecule has 2 amide bonds. The number of hydrogen-bond donors (Lipinski definition) is 2. The van der Waals surface area contributed by atoms with E-state index in [1.807, 2.05) is 47.4 Å². The van der Waals surface area contributed by atoms with Crippen molar-refractivity contribution in [2.45, 2.75) is 25.3 Å². The first-order valence-corrected chi connectivity index (χ1v) is 9.42. The highest BCUT2D eigenvalue weighted by Gasteiger charge is 2.42. The van der Waals surface area contributed by atoms with E-state index in [1.165, 1.54) is 0 Å². The highest BCUT2D eigenvalue weighted by atomic mass is 35.5. The fourth-order valence-corrected chi connectivity index (χ4v) is 4.38. The Labute approximate surface area is 165 Å². The van der Waals surface area contributed by atoms with E-state index in [4.69, 9.17) is 5.73 Å². The van der Waals surface area contributed by atoms with Crippen molar-refractivity contribution in [2.24, 2.45) is 17.6 Å². The van der Waals surface area contributed by atoms with Gasteiger partial charge in [0.15, 0.2) is 0 Å². The largest absolute Gasteiger partial charge is 0.352 e. The molecule has 2 aromatic rings. The minimum Gasteiger partial charge on any atom is -0.352 e. The van der Waals surface area contributed by atoms with Crippen LogP contribution in [0.15, 0.2) is 42.5 Å². The minimum absolute atomic E-state index is 0. The average Bonchev–Trinajstić information content (AvgIpc) is 3.23. The van der Waals surface area contributed by atoms with Crippen LogP contribution >= 0.6 is 12.4 Å². The predicted octanol–water partition coefficient (Wildman–Crippen LogP) is 2.58. The van der Waals surface area contributed by atoms with E-state index >= 15 is 0 Å². The van der Waals surface area contributed by atoms with E-state index in [2.05, 4.69) is 5.32 Å². The second-order valence-corrected chi connectivity index (χ2v) is 7.53. The standard InChI is InChI=1S/C21H25N3O2.ClH/c22-19-8-7-17-12-24(13-18(17)19)20(25)9-10-23-21(26)16-6-5-14-3-1-2-4-15(14)11-16;/h1-6,11,17-19H,7-10,12-13,22H2,(H,23,26);1H. The van der Waals surface area contributed by atoms with E-state index in [1.54, 1.807) is 0 Å². The number of halogens is 1. The number of benzene rings is 2. The molecule has 0 radical (unpaired) electrons. The molecule has 144 valence electrons. The molecular formula is C21H26ClN3O2. The maximum atomic E-state index is 12.4. The normalized spacial score (nSPS) is 23.7. The highest BCUT2D eigenvalue weighted by Crippen LogP contribution is 2.37. The monoisotopic (exact) mass is 387 g/mol. The zero-order valence-corrected chi connectivity index (χ0v) is 16.1. The Morgan fingerprint density at radius 3 is 2.63 bits per heavy atom. The number of nitrogens with zero attached hydrogens (tertiary/aromatic N) is 1. The predicted molar refractivity (Wildman–Crippen MR) is 109 cm³/mol. The van der Waals surface area contributed by atoms with Crippen LogP contribution in [0.2, 0.25) is 0 Å². The van der Waals surface area contributed by atoms with Gasteiger partial charge in [0.2, 0.25) is 5.91 Å². The topological polar surface area (TPSA) is 75.4 Å². The van der Waals surface area contributed by atoms with Crippen molar-refractivity contribution < 1.29 is 9.59 Å². The van der Waals surface area contributed by atoms with Crippen molar-refractivity contribution in [3.8, 4) is 0 Å². The molecule has 6 heteroatoms. The van der Waals surface area contributed by atoms with Crippen molar-refractivity contribution in [3.05, 3.63) is 48.0 Å². The van der Waals surface area contributed by atoms with Crippen molar-refractivity contribution in [1.82, 2.24) is 10.2 Å². The van der Waals surface area contributed by atoms with Gasteiger partial charge in [0.25, 0.3) is 5.91 Å². The van der Waals surface area contributed by atoms with Crippen molar-refractivity contribution >= 4 is 35.0 Å². The molecule has 2 fully saturated rings. The third-order valence-electron chi connectivity index (χ3n) is 5.90. The number of likely N-dealkylation sites (tertiary alicyclic amines) is 1. The van der Waals surface area contributed by atoms with E-state index < -0.39 is 0 Å². The molecule has 2 aromatic carbocycles. The number of amides is 2. The smallest absolute Gasteiger partial charge is 0.251 e. The average molecular weight is 388 g/mol. The maximum Gasteiger partial charge on any atom is 0.251 e. The van der Waals surface area contributed by atoms with Gasteiger partial charge in [-0.2, -0.15) is 0 Å². The molecule has 2 aliphatic rings. The van der Waals surface area contributed by atoms with Gasteiger partial charge in [0.05, 0.1) is 0 Å². The minimum atomic E-state index is -0.135. The Hall–Kier alpha value is -2.11. The van der Waals surface area contributed by atoms with Crippen LogP contribution in [0, 0.1) is 11.8 Å². The number of carbonyl (C=O) groups excluding carboxylic acids is 2. The molecule has 3 atom stereocenters. The summed E-state index contributed by atoms with van der Waals surface area (Å²) in [7, 11) is 0. The summed E-state index contributed by atoms with van der Waals surface area (Å²) < 4.78 is 0. The third-order valence-corrected chi connectivity index (χ3v) is 5.90. The Kier molecular flexibility index (Phi) is 6.02. The van der Waals surface area contributed by atoms with Crippen molar-refractivity contribution in [2.75, 3.05) is 19.6 Å². The summed E-state index contributed by atoms with van der Waals surface area (Å²) in [6.07, 6.45) is 2.56. The summed E-state index contributed by atoms with van der Waals surface area (Å²) in [5, 5.41) is 5.01. The molecule has 1 saturated heterocycles. The number of fused-ring (bicyclic) bond motifs is 2. The van der Waals surface area contributed by atoms with Gasteiger partial charge in [-0.05, 0) is 47.6 Å². The molecule has 0 spiro atoms. The van der Waals surface area contributed by atoms with Crippen molar-refractivity contribution in [3.63, 3.8) is 0 Å². The summed E-state index contributed by atoms with van der Waals surface area (Å²) in [6.45, 7) is 1.97. The van der Waals surface area contributed by atoms with Crippen LogP contribution in [0.25, 0.3) is 10.8 Å². The fraction of sp³-hybridized carbons (Fsp3) is 0.429. The third kappa shape index (κ3) is 4.09. The molecule has 1 aliphatic carbocycles. The van der Waals surface area contributed by atoms with E-state index in [9.17, 15) is 9.59 Å². The Morgan fingerprint density at radius 2 is 1.85 bits per heavy atom. The summed E-state index contributed by atoms with van der Waals surface area (Å²) >= 11 is 0. The molecule has 0 bridgehead atoms. The molecule has 5 nitrogen and oxygen atoms in total. The van der Waals surface area contributed by atoms with Crippen LogP contribution in [0.3, 0.4) is 0 Å². The van der Waals surface area contributed by atoms with Gasteiger partial charge in [-0.1, -0.05) is 30.3 Å². The van der Waals surface area contributed by atoms with Gasteiger partial charge in [0.1, 0.15) is 0 Å². The lowest BCUT2D eigenvalue weighted by Gasteiger charge is -2.19. The van der Waals surface area contributed by atoms with Gasteiger partial charge in [-0.15, -0.1) is 12.4 Å². The van der Waals surface area contributed by atoms with Crippen LogP contribution < -0.4 is 11.1 Å². The number of nitrogens with two attached hydrogens (primary N) is 1. The van der Waals surface area contributed by atoms with Crippen LogP contribution in [-0.4, -0.2) is 42.4 Å². The zero-order chi connectivity index (χ0) is 18.1. The molecule has 3 N–H and O–H groups in total. The van der Waals surface area contributed by atoms with Crippen molar-refractivity contribution in [1.29, 1.82) is 0 Å². The van der Waals surface area contributed by atoms with E-state index in [-0.39, 0.29) is 30.3 Å². The lowest BCUT2D eigenvalue weighted by Crippen LogP contribution is -2.35. The van der Waals surface area contributed by atoms with Crippen LogP contribution in [0.4, 0.5) is 0 Å². The highest BCUT2D eigenvalue weighted by molar-refractivity contribution is 5.98. The fourth-order valence-electron chi connectivity index (χ4n) is 4.38. The van der Waals surface area contributed by atoms with Gasteiger partial charge < -0.3 is 16.0 Å². The van der Waals surface area contributed by atoms with E-state index in [0.29, 0.717) is 30.4 Å². The number of nitrogens with one attached hydrogen (secondary N) is 1. The zero-order valence-electron chi connectivity index (χ0n) is 15.3. The molecule has 1 heterocycles. The Morgan fingerprint density at radius 1 is 1.07 bits per heavy atom. The van der Waals surface area contributed by atoms with Gasteiger partial charge in [0, 0.05) is 37.7 Å². The first-order chi connectivity index (χ1) is 12.6. The lowest BCUT2D eigenvalue weighted by atomic mass is 9.98. The molecule has 0 aromatic heterocycles. The number of rotatable bonds is 4. The molecule has 4 rings (SSSR count). The van der Waals surface area contributed by atoms with Crippen LogP contribution in [-0.2, 0) is 4.79 Å². The first kappa shape index (κ1) is 19.6. The second kappa shape index (κ2) is 8.28. The van der Waals surface area contributed by atoms with Gasteiger partial charge >= 0.3 is 0 Å². The Balaban J connectivity index is 0.00000210. The number of carbonyl (C=O) groups is 2. The maximum absolute atomic E-state index is 12.4. The summed E-state index contributed by atoms with van der Waals surface area (Å²) in [5.74, 6) is 1.02. The molecule has 1 saturated carbocycles.